The normalized spacial score (nSPS) is 17.2. The SMILES string of the molecule is COc1cc(C)c(C(=O)Oc2cc(C)c(O)c(C(=O)O)c2C)c(O)c1C=O.O=C(CC[N+](=O)[O-])OCC1OC(O)C(OC(=O)CC[N+](=O)[O-])C(OC(=O)CC[N+](=O)[O-])C1OC(=O)CC[N+](=O)[O-]. The number of phenolic OH excluding ortho intramolecular Hbond substituents is 1. The number of ether oxygens (including phenoxy) is 7. The van der Waals surface area contributed by atoms with Gasteiger partial charge in [-0.1, -0.05) is 0 Å². The molecule has 0 aliphatic carbocycles. The van der Waals surface area contributed by atoms with E-state index in [2.05, 4.69) is 0 Å². The number of carbonyl (C=O) groups excluding carboxylic acids is 6. The van der Waals surface area contributed by atoms with E-state index in [1.54, 1.807) is 0 Å². The molecular formula is C37H42N4O26. The molecule has 3 rings (SSSR count). The molecule has 2 aromatic carbocycles. The van der Waals surface area contributed by atoms with Crippen LogP contribution < -0.4 is 9.47 Å². The zero-order chi connectivity index (χ0) is 50.9. The summed E-state index contributed by atoms with van der Waals surface area (Å²) in [7, 11) is 1.31. The van der Waals surface area contributed by atoms with Crippen LogP contribution in [0.3, 0.4) is 0 Å². The molecule has 1 saturated heterocycles. The number of aliphatic hydroxyl groups excluding tert-OH is 1. The molecule has 1 heterocycles. The molecule has 30 nitrogen and oxygen atoms in total. The number of methoxy groups -OCH3 is 1. The summed E-state index contributed by atoms with van der Waals surface area (Å²) in [5.41, 5.74) is -0.307. The first-order chi connectivity index (χ1) is 31.3. The number of carbonyl (C=O) groups is 7. The zero-order valence-corrected chi connectivity index (χ0v) is 35.5. The molecule has 1 aliphatic rings. The number of aliphatic hydroxyl groups is 1. The highest BCUT2D eigenvalue weighted by Gasteiger charge is 2.52. The van der Waals surface area contributed by atoms with E-state index in [0.29, 0.717) is 11.8 Å². The van der Waals surface area contributed by atoms with E-state index in [4.69, 9.17) is 33.2 Å². The number of esters is 5. The number of benzene rings is 2. The van der Waals surface area contributed by atoms with E-state index < -0.39 is 156 Å². The number of carboxylic acids is 1. The second-order valence-corrected chi connectivity index (χ2v) is 13.7. The third-order valence-corrected chi connectivity index (χ3v) is 8.97. The number of nitro groups is 4. The van der Waals surface area contributed by atoms with Gasteiger partial charge < -0.3 is 53.6 Å². The highest BCUT2D eigenvalue weighted by Crippen LogP contribution is 2.37. The van der Waals surface area contributed by atoms with Crippen LogP contribution in [0.4, 0.5) is 0 Å². The average molecular weight is 959 g/mol. The lowest BCUT2D eigenvalue weighted by atomic mass is 9.98. The fourth-order valence-corrected chi connectivity index (χ4v) is 5.76. The largest absolute Gasteiger partial charge is 0.507 e. The summed E-state index contributed by atoms with van der Waals surface area (Å²) in [4.78, 5) is 122. The van der Waals surface area contributed by atoms with Gasteiger partial charge in [0.1, 0.15) is 72.5 Å². The Balaban J connectivity index is 0.000000494. The van der Waals surface area contributed by atoms with Crippen LogP contribution in [-0.2, 0) is 42.9 Å². The molecule has 0 aromatic heterocycles. The molecule has 1 fully saturated rings. The van der Waals surface area contributed by atoms with Crippen molar-refractivity contribution in [3.63, 3.8) is 0 Å². The van der Waals surface area contributed by atoms with E-state index in [0.717, 1.165) is 0 Å². The first-order valence-corrected chi connectivity index (χ1v) is 19.0. The molecular weight excluding hydrogens is 916 g/mol. The topological polar surface area (TPSA) is 438 Å². The number of phenols is 2. The van der Waals surface area contributed by atoms with Crippen molar-refractivity contribution in [2.24, 2.45) is 0 Å². The maximum atomic E-state index is 12.6. The minimum Gasteiger partial charge on any atom is -0.507 e. The van der Waals surface area contributed by atoms with Crippen LogP contribution in [0.5, 0.6) is 23.0 Å². The second kappa shape index (κ2) is 25.4. The Kier molecular flexibility index (Phi) is 20.8. The smallest absolute Gasteiger partial charge is 0.347 e. The molecule has 2 aromatic rings. The van der Waals surface area contributed by atoms with Crippen LogP contribution in [0.1, 0.15) is 73.4 Å². The van der Waals surface area contributed by atoms with Crippen molar-refractivity contribution in [2.75, 3.05) is 39.9 Å². The number of aldehydes is 1. The monoisotopic (exact) mass is 958 g/mol. The standard InChI is InChI=1S/C19H18O8.C18H24N4O18/c1-8-5-13(26-4)11(7-20)17(22)14(8)19(25)27-12-6-9(2)16(21)15(10(12)3)18(23)24;23-11(1-5-19(28)29)36-9-10-15(38-12(24)2-6-20(30)31)16(39-13(25)3-7-21(32)33)17(18(27)37-10)40-14(26)4-8-22(34)35/h5-7,21-22H,1-4H3,(H,23,24);10,15-18,27H,1-9H2. The van der Waals surface area contributed by atoms with Crippen molar-refractivity contribution in [1.82, 2.24) is 0 Å². The highest BCUT2D eigenvalue weighted by atomic mass is 16.7. The molecule has 4 N–H and O–H groups in total. The zero-order valence-electron chi connectivity index (χ0n) is 35.5. The van der Waals surface area contributed by atoms with Crippen molar-refractivity contribution in [3.8, 4) is 23.0 Å². The minimum absolute atomic E-state index is 0.0419. The molecule has 1 aliphatic heterocycles. The summed E-state index contributed by atoms with van der Waals surface area (Å²) in [6.45, 7) is -0.105. The fourth-order valence-electron chi connectivity index (χ4n) is 5.76. The molecule has 0 spiro atoms. The predicted octanol–water partition coefficient (Wildman–Crippen LogP) is 0.411. The first kappa shape index (κ1) is 55.0. The number of hydrogen-bond acceptors (Lipinski definition) is 25. The number of rotatable bonds is 22. The van der Waals surface area contributed by atoms with Gasteiger partial charge in [-0.3, -0.25) is 64.4 Å². The minimum atomic E-state index is -2.22. The van der Waals surface area contributed by atoms with Crippen molar-refractivity contribution in [3.05, 3.63) is 86.0 Å². The van der Waals surface area contributed by atoms with Crippen LogP contribution in [-0.4, -0.2) is 153 Å². The van der Waals surface area contributed by atoms with Gasteiger partial charge in [0, 0.05) is 25.3 Å². The lowest BCUT2D eigenvalue weighted by molar-refractivity contribution is -0.479. The number of hydrogen-bond donors (Lipinski definition) is 4. The Hall–Kier alpha value is -8.15. The predicted molar refractivity (Wildman–Crippen MR) is 212 cm³/mol. The van der Waals surface area contributed by atoms with Crippen LogP contribution in [0, 0.1) is 61.2 Å². The molecule has 5 unspecified atom stereocenters. The number of aromatic carboxylic acids is 1. The third-order valence-electron chi connectivity index (χ3n) is 8.97. The van der Waals surface area contributed by atoms with Gasteiger partial charge in [-0.2, -0.15) is 0 Å². The van der Waals surface area contributed by atoms with Gasteiger partial charge in [-0.25, -0.2) is 9.59 Å². The summed E-state index contributed by atoms with van der Waals surface area (Å²) in [5, 5.41) is 82.2. The Labute approximate surface area is 374 Å². The number of nitrogens with zero attached hydrogens (tertiary/aromatic N) is 4. The molecule has 0 amide bonds. The lowest BCUT2D eigenvalue weighted by Gasteiger charge is -2.42. The summed E-state index contributed by atoms with van der Waals surface area (Å²) >= 11 is 0. The molecule has 5 atom stereocenters. The highest BCUT2D eigenvalue weighted by molar-refractivity contribution is 6.01. The van der Waals surface area contributed by atoms with E-state index in [9.17, 15) is 94.4 Å². The van der Waals surface area contributed by atoms with Gasteiger partial charge in [0.05, 0.1) is 12.7 Å². The molecule has 366 valence electrons. The molecule has 30 heteroatoms. The van der Waals surface area contributed by atoms with Crippen LogP contribution in [0.25, 0.3) is 0 Å². The maximum absolute atomic E-state index is 12.6. The first-order valence-electron chi connectivity index (χ1n) is 19.0. The van der Waals surface area contributed by atoms with Crippen LogP contribution in [0.15, 0.2) is 12.1 Å². The van der Waals surface area contributed by atoms with Crippen molar-refractivity contribution >= 4 is 42.1 Å². The fraction of sp³-hybridized carbons (Fsp3) is 0.486. The summed E-state index contributed by atoms with van der Waals surface area (Å²) < 4.78 is 35.3. The van der Waals surface area contributed by atoms with Crippen molar-refractivity contribution in [1.29, 1.82) is 0 Å². The van der Waals surface area contributed by atoms with Gasteiger partial charge in [0.25, 0.3) is 0 Å². The Bertz CT molecular complexity index is 2260. The van der Waals surface area contributed by atoms with Crippen molar-refractivity contribution in [2.45, 2.75) is 77.2 Å². The van der Waals surface area contributed by atoms with Crippen molar-refractivity contribution < 1.29 is 107 Å². The number of aromatic hydroxyl groups is 2. The lowest BCUT2D eigenvalue weighted by Crippen LogP contribution is -2.62. The average Bonchev–Trinajstić information content (AvgIpc) is 3.23. The van der Waals surface area contributed by atoms with Gasteiger partial charge in [0.2, 0.25) is 26.2 Å². The van der Waals surface area contributed by atoms with Crippen LogP contribution in [0.2, 0.25) is 0 Å². The molecule has 0 radical (unpaired) electrons. The number of carboxylic acid groups (broad SMARTS) is 1. The third kappa shape index (κ3) is 16.4. The maximum Gasteiger partial charge on any atom is 0.347 e. The number of aryl methyl sites for hydroxylation is 2. The van der Waals surface area contributed by atoms with Gasteiger partial charge >= 0.3 is 35.8 Å². The quantitative estimate of drug-likeness (QED) is 0.0310. The van der Waals surface area contributed by atoms with Crippen LogP contribution >= 0.6 is 0 Å². The Morgan fingerprint density at radius 3 is 1.57 bits per heavy atom. The van der Waals surface area contributed by atoms with Gasteiger partial charge in [0.15, 0.2) is 30.9 Å². The van der Waals surface area contributed by atoms with Gasteiger partial charge in [-0.05, 0) is 44.0 Å². The van der Waals surface area contributed by atoms with E-state index in [1.807, 2.05) is 0 Å². The summed E-state index contributed by atoms with van der Waals surface area (Å²) in [6, 6.07) is 2.71. The molecule has 67 heavy (non-hydrogen) atoms. The Morgan fingerprint density at radius 1 is 0.672 bits per heavy atom. The Morgan fingerprint density at radius 2 is 1.12 bits per heavy atom. The summed E-state index contributed by atoms with van der Waals surface area (Å²) in [6.07, 6.45) is -12.8. The summed E-state index contributed by atoms with van der Waals surface area (Å²) in [5.74, 6) is -8.44. The van der Waals surface area contributed by atoms with E-state index in [-0.39, 0.29) is 39.3 Å². The second-order valence-electron chi connectivity index (χ2n) is 13.7. The van der Waals surface area contributed by atoms with E-state index >= 15 is 0 Å². The molecule has 0 bridgehead atoms. The van der Waals surface area contributed by atoms with E-state index in [1.165, 1.54) is 40.0 Å². The van der Waals surface area contributed by atoms with Gasteiger partial charge in [-0.15, -0.1) is 0 Å². The molecule has 0 saturated carbocycles.